The van der Waals surface area contributed by atoms with E-state index in [1.165, 1.54) is 25.3 Å². The fourth-order valence-electron chi connectivity index (χ4n) is 1.73. The number of pyridine rings is 1. The van der Waals surface area contributed by atoms with E-state index in [4.69, 9.17) is 22.1 Å². The molecular formula is C14H11ClF3N3O2. The van der Waals surface area contributed by atoms with Gasteiger partial charge in [0, 0.05) is 13.0 Å². The van der Waals surface area contributed by atoms with Crippen molar-refractivity contribution in [1.82, 2.24) is 4.98 Å². The summed E-state index contributed by atoms with van der Waals surface area (Å²) in [4.78, 5) is 14.6. The monoisotopic (exact) mass is 345 g/mol. The van der Waals surface area contributed by atoms with E-state index in [9.17, 15) is 18.0 Å². The van der Waals surface area contributed by atoms with E-state index in [1.807, 2.05) is 0 Å². The highest BCUT2D eigenvalue weighted by Crippen LogP contribution is 2.39. The Hall–Kier alpha value is -2.48. The van der Waals surface area contributed by atoms with Crippen LogP contribution >= 0.6 is 11.6 Å². The highest BCUT2D eigenvalue weighted by molar-refractivity contribution is 6.32. The number of nitrogens with zero attached hydrogens (tertiary/aromatic N) is 1. The van der Waals surface area contributed by atoms with Crippen molar-refractivity contribution in [1.29, 1.82) is 0 Å². The topological polar surface area (TPSA) is 77.2 Å². The fourth-order valence-corrected chi connectivity index (χ4v) is 2.00. The van der Waals surface area contributed by atoms with Crippen LogP contribution in [-0.2, 0) is 11.0 Å². The van der Waals surface area contributed by atoms with Gasteiger partial charge in [-0.1, -0.05) is 11.6 Å². The summed E-state index contributed by atoms with van der Waals surface area (Å²) in [5.74, 6) is -0.418. The van der Waals surface area contributed by atoms with Crippen LogP contribution in [0.1, 0.15) is 12.5 Å². The van der Waals surface area contributed by atoms with Gasteiger partial charge in [-0.25, -0.2) is 4.98 Å². The standard InChI is InChI=1S/C14H11ClF3N3O2/c1-7(22)23-13-3-2-8(6-20-13)21-12-5-10(15)9(4-11(12)19)14(16,17)18/h2-6,21H,19H2,1H3. The van der Waals surface area contributed by atoms with Gasteiger partial charge in [-0.15, -0.1) is 0 Å². The summed E-state index contributed by atoms with van der Waals surface area (Å²) < 4.78 is 42.9. The molecule has 0 aliphatic carbocycles. The number of benzene rings is 1. The zero-order valence-electron chi connectivity index (χ0n) is 11.7. The summed E-state index contributed by atoms with van der Waals surface area (Å²) in [7, 11) is 0. The SMILES string of the molecule is CC(=O)Oc1ccc(Nc2cc(Cl)c(C(F)(F)F)cc2N)cn1. The maximum Gasteiger partial charge on any atom is 0.417 e. The summed E-state index contributed by atoms with van der Waals surface area (Å²) in [6.45, 7) is 1.23. The van der Waals surface area contributed by atoms with E-state index < -0.39 is 22.7 Å². The molecule has 5 nitrogen and oxygen atoms in total. The van der Waals surface area contributed by atoms with E-state index in [-0.39, 0.29) is 17.3 Å². The van der Waals surface area contributed by atoms with Gasteiger partial charge < -0.3 is 15.8 Å². The molecule has 0 radical (unpaired) electrons. The van der Waals surface area contributed by atoms with Crippen LogP contribution in [0.4, 0.5) is 30.2 Å². The van der Waals surface area contributed by atoms with E-state index in [0.717, 1.165) is 12.1 Å². The highest BCUT2D eigenvalue weighted by Gasteiger charge is 2.33. The first-order chi connectivity index (χ1) is 10.7. The number of alkyl halides is 3. The van der Waals surface area contributed by atoms with E-state index in [2.05, 4.69) is 10.3 Å². The lowest BCUT2D eigenvalue weighted by molar-refractivity contribution is -0.137. The minimum Gasteiger partial charge on any atom is -0.408 e. The smallest absolute Gasteiger partial charge is 0.408 e. The Morgan fingerprint density at radius 1 is 1.35 bits per heavy atom. The maximum absolute atomic E-state index is 12.7. The fraction of sp³-hybridized carbons (Fsp3) is 0.143. The zero-order valence-corrected chi connectivity index (χ0v) is 12.5. The van der Waals surface area contributed by atoms with Gasteiger partial charge in [0.2, 0.25) is 5.88 Å². The highest BCUT2D eigenvalue weighted by atomic mass is 35.5. The summed E-state index contributed by atoms with van der Waals surface area (Å²) >= 11 is 5.65. The van der Waals surface area contributed by atoms with Crippen LogP contribution in [0.5, 0.6) is 5.88 Å². The minimum absolute atomic E-state index is 0.0986. The van der Waals surface area contributed by atoms with Crippen molar-refractivity contribution in [2.45, 2.75) is 13.1 Å². The molecule has 2 aromatic rings. The Morgan fingerprint density at radius 3 is 2.57 bits per heavy atom. The summed E-state index contributed by atoms with van der Waals surface area (Å²) in [6.07, 6.45) is -3.25. The van der Waals surface area contributed by atoms with Gasteiger partial charge in [0.05, 0.1) is 33.8 Å². The molecule has 2 rings (SSSR count). The number of carbonyl (C=O) groups is 1. The Labute approximate surface area is 134 Å². The third kappa shape index (κ3) is 4.26. The number of rotatable bonds is 3. The first-order valence-corrected chi connectivity index (χ1v) is 6.62. The molecule has 0 atom stereocenters. The number of anilines is 3. The number of carbonyl (C=O) groups excluding carboxylic acids is 1. The molecule has 0 aliphatic rings. The lowest BCUT2D eigenvalue weighted by atomic mass is 10.1. The Balaban J connectivity index is 2.23. The number of esters is 1. The minimum atomic E-state index is -4.59. The number of hydrogen-bond donors (Lipinski definition) is 2. The van der Waals surface area contributed by atoms with Crippen molar-refractivity contribution in [3.05, 3.63) is 41.0 Å². The Bertz CT molecular complexity index is 733. The molecule has 1 aromatic heterocycles. The second-order valence-electron chi connectivity index (χ2n) is 4.52. The molecule has 0 saturated heterocycles. The first-order valence-electron chi connectivity index (χ1n) is 6.24. The molecular weight excluding hydrogens is 335 g/mol. The van der Waals surface area contributed by atoms with Crippen molar-refractivity contribution >= 4 is 34.6 Å². The molecule has 3 N–H and O–H groups in total. The molecule has 0 amide bonds. The lowest BCUT2D eigenvalue weighted by Gasteiger charge is -2.14. The molecule has 122 valence electrons. The van der Waals surface area contributed by atoms with Crippen LogP contribution in [-0.4, -0.2) is 11.0 Å². The van der Waals surface area contributed by atoms with Crippen LogP contribution in [0.15, 0.2) is 30.5 Å². The van der Waals surface area contributed by atoms with Gasteiger partial charge in [0.25, 0.3) is 0 Å². The predicted molar refractivity (Wildman–Crippen MR) is 79.7 cm³/mol. The predicted octanol–water partition coefficient (Wildman–Crippen LogP) is 4.00. The van der Waals surface area contributed by atoms with Gasteiger partial charge in [0.1, 0.15) is 0 Å². The number of nitrogens with one attached hydrogen (secondary N) is 1. The zero-order chi connectivity index (χ0) is 17.2. The summed E-state index contributed by atoms with van der Waals surface area (Å²) in [5, 5.41) is 2.32. The van der Waals surface area contributed by atoms with E-state index in [0.29, 0.717) is 5.69 Å². The Morgan fingerprint density at radius 2 is 2.04 bits per heavy atom. The molecule has 0 bridgehead atoms. The van der Waals surface area contributed by atoms with Crippen LogP contribution in [0.2, 0.25) is 5.02 Å². The molecule has 1 aromatic carbocycles. The number of nitrogens with two attached hydrogens (primary N) is 1. The largest absolute Gasteiger partial charge is 0.417 e. The third-order valence-electron chi connectivity index (χ3n) is 2.71. The molecule has 23 heavy (non-hydrogen) atoms. The van der Waals surface area contributed by atoms with E-state index >= 15 is 0 Å². The maximum atomic E-state index is 12.7. The van der Waals surface area contributed by atoms with Gasteiger partial charge in [-0.3, -0.25) is 4.79 Å². The van der Waals surface area contributed by atoms with Gasteiger partial charge >= 0.3 is 12.1 Å². The second-order valence-corrected chi connectivity index (χ2v) is 4.93. The average Bonchev–Trinajstić information content (AvgIpc) is 2.43. The van der Waals surface area contributed by atoms with Crippen LogP contribution < -0.4 is 15.8 Å². The molecule has 0 spiro atoms. The van der Waals surface area contributed by atoms with Crippen molar-refractivity contribution in [2.24, 2.45) is 0 Å². The number of nitrogen functional groups attached to an aromatic ring is 1. The van der Waals surface area contributed by atoms with Crippen LogP contribution in [0.3, 0.4) is 0 Å². The van der Waals surface area contributed by atoms with Crippen LogP contribution in [0.25, 0.3) is 0 Å². The molecule has 0 unspecified atom stereocenters. The molecule has 1 heterocycles. The van der Waals surface area contributed by atoms with Gasteiger partial charge in [-0.2, -0.15) is 13.2 Å². The molecule has 0 aliphatic heterocycles. The average molecular weight is 346 g/mol. The third-order valence-corrected chi connectivity index (χ3v) is 3.02. The summed E-state index contributed by atoms with van der Waals surface area (Å²) in [6, 6.07) is 4.78. The molecule has 0 fully saturated rings. The Kier molecular flexibility index (Phi) is 4.65. The number of aromatic nitrogens is 1. The first kappa shape index (κ1) is 16.9. The van der Waals surface area contributed by atoms with Crippen LogP contribution in [0, 0.1) is 0 Å². The lowest BCUT2D eigenvalue weighted by Crippen LogP contribution is -2.08. The number of hydrogen-bond acceptors (Lipinski definition) is 5. The van der Waals surface area contributed by atoms with Crippen molar-refractivity contribution < 1.29 is 22.7 Å². The normalized spacial score (nSPS) is 11.2. The number of ether oxygens (including phenoxy) is 1. The van der Waals surface area contributed by atoms with Crippen molar-refractivity contribution in [3.63, 3.8) is 0 Å². The molecule has 9 heteroatoms. The quantitative estimate of drug-likeness (QED) is 0.649. The molecule has 0 saturated carbocycles. The second kappa shape index (κ2) is 6.33. The van der Waals surface area contributed by atoms with Gasteiger partial charge in [-0.05, 0) is 18.2 Å². The number of halogens is 4. The van der Waals surface area contributed by atoms with E-state index in [1.54, 1.807) is 0 Å². The van der Waals surface area contributed by atoms with Gasteiger partial charge in [0.15, 0.2) is 0 Å². The summed E-state index contributed by atoms with van der Waals surface area (Å²) in [5.41, 5.74) is 5.12. The van der Waals surface area contributed by atoms with Crippen molar-refractivity contribution in [3.8, 4) is 5.88 Å². The van der Waals surface area contributed by atoms with Crippen molar-refractivity contribution in [2.75, 3.05) is 11.1 Å².